The van der Waals surface area contributed by atoms with Gasteiger partial charge >= 0.3 is 11.9 Å². The van der Waals surface area contributed by atoms with Crippen LogP contribution < -0.4 is 0 Å². The molecule has 21 heavy (non-hydrogen) atoms. The molecule has 0 saturated carbocycles. The first-order valence-corrected chi connectivity index (χ1v) is 8.16. The fourth-order valence-electron chi connectivity index (χ4n) is 2.02. The molecule has 0 amide bonds. The molecular weight excluding hydrogens is 472 g/mol. The summed E-state index contributed by atoms with van der Waals surface area (Å²) >= 11 is 10.3. The quantitative estimate of drug-likeness (QED) is 0.634. The summed E-state index contributed by atoms with van der Waals surface area (Å²) in [6, 6.07) is 6.46. The molecule has 1 unspecified atom stereocenters. The smallest absolute Gasteiger partial charge is 0.336 e. The first-order valence-electron chi connectivity index (χ1n) is 5.78. The van der Waals surface area contributed by atoms with E-state index in [2.05, 4.69) is 47.8 Å². The number of carboxylic acid groups (broad SMARTS) is 2. The summed E-state index contributed by atoms with van der Waals surface area (Å²) in [6.07, 6.45) is 3.29. The molecule has 1 aliphatic carbocycles. The van der Waals surface area contributed by atoms with Crippen LogP contribution in [0.2, 0.25) is 0 Å². The lowest BCUT2D eigenvalue weighted by molar-refractivity contribution is -0.132. The van der Waals surface area contributed by atoms with Crippen LogP contribution in [0.15, 0.2) is 46.5 Å². The minimum Gasteiger partial charge on any atom is -0.478 e. The molecule has 0 spiro atoms. The van der Waals surface area contributed by atoms with Gasteiger partial charge in [0.15, 0.2) is 0 Å². The van der Waals surface area contributed by atoms with E-state index in [1.807, 2.05) is 0 Å². The number of benzene rings is 1. The molecule has 1 aliphatic rings. The molecule has 0 aromatic heterocycles. The lowest BCUT2D eigenvalue weighted by Gasteiger charge is -2.32. The van der Waals surface area contributed by atoms with E-state index in [0.29, 0.717) is 4.48 Å². The Morgan fingerprint density at radius 1 is 1.05 bits per heavy atom. The summed E-state index contributed by atoms with van der Waals surface area (Å²) in [5.74, 6) is -2.21. The van der Waals surface area contributed by atoms with Crippen molar-refractivity contribution in [3.63, 3.8) is 0 Å². The van der Waals surface area contributed by atoms with Gasteiger partial charge in [0.25, 0.3) is 0 Å². The number of halogens is 3. The average Bonchev–Trinajstić information content (AvgIpc) is 2.41. The maximum absolute atomic E-state index is 11.2. The summed E-state index contributed by atoms with van der Waals surface area (Å²) in [5, 5.41) is 18.1. The Labute approximate surface area is 145 Å². The van der Waals surface area contributed by atoms with Crippen LogP contribution in [-0.2, 0) is 4.79 Å². The van der Waals surface area contributed by atoms with Gasteiger partial charge in [0, 0.05) is 10.4 Å². The van der Waals surface area contributed by atoms with Crippen LogP contribution in [0.1, 0.15) is 21.8 Å². The van der Waals surface area contributed by atoms with Gasteiger partial charge in [-0.25, -0.2) is 9.59 Å². The first kappa shape index (κ1) is 16.5. The Morgan fingerprint density at radius 3 is 2.10 bits per heavy atom. The molecule has 110 valence electrons. The molecule has 1 aromatic carbocycles. The molecule has 1 aromatic rings. The highest BCUT2D eigenvalue weighted by Crippen LogP contribution is 2.53. The van der Waals surface area contributed by atoms with Crippen molar-refractivity contribution in [3.8, 4) is 0 Å². The molecule has 0 saturated heterocycles. The summed E-state index contributed by atoms with van der Waals surface area (Å²) in [7, 11) is 0. The van der Waals surface area contributed by atoms with Crippen molar-refractivity contribution in [2.45, 2.75) is 9.15 Å². The second-order valence-corrected chi connectivity index (χ2v) is 8.78. The third-order valence-electron chi connectivity index (χ3n) is 3.12. The highest BCUT2D eigenvalue weighted by atomic mass is 79.9. The minimum atomic E-state index is -1.03. The zero-order valence-electron chi connectivity index (χ0n) is 10.4. The van der Waals surface area contributed by atoms with Gasteiger partial charge in [-0.2, -0.15) is 0 Å². The normalized spacial score (nSPS) is 20.4. The highest BCUT2D eigenvalue weighted by Gasteiger charge is 2.41. The monoisotopic (exact) mass is 478 g/mol. The number of hydrogen-bond donors (Lipinski definition) is 2. The molecule has 7 heteroatoms. The van der Waals surface area contributed by atoms with E-state index in [4.69, 9.17) is 10.2 Å². The van der Waals surface area contributed by atoms with Crippen molar-refractivity contribution in [2.24, 2.45) is 0 Å². The number of hydrogen-bond acceptors (Lipinski definition) is 2. The summed E-state index contributed by atoms with van der Waals surface area (Å²) in [6.45, 7) is 0. The van der Waals surface area contributed by atoms with E-state index >= 15 is 0 Å². The van der Waals surface area contributed by atoms with E-state index in [1.165, 1.54) is 18.2 Å². The molecule has 0 fully saturated rings. The highest BCUT2D eigenvalue weighted by molar-refractivity contribution is 9.26. The molecule has 1 atom stereocenters. The summed E-state index contributed by atoms with van der Waals surface area (Å²) in [5.41, 5.74) is 1.21. The standard InChI is InChI=1S/C14H9Br3O4/c15-11-9(13(20)21)5-6-10(14(11,16)17)7-1-3-8(4-2-7)12(18)19/h1-6,10H,(H,18,19)(H,20,21). The number of alkyl halides is 2. The minimum absolute atomic E-state index is 0.155. The third-order valence-corrected chi connectivity index (χ3v) is 7.02. The van der Waals surface area contributed by atoms with Crippen LogP contribution in [0.3, 0.4) is 0 Å². The van der Waals surface area contributed by atoms with Gasteiger partial charge in [-0.15, -0.1) is 0 Å². The van der Waals surface area contributed by atoms with E-state index < -0.39 is 15.2 Å². The van der Waals surface area contributed by atoms with Crippen LogP contribution >= 0.6 is 47.8 Å². The SMILES string of the molecule is O=C(O)C1=C(Br)C(Br)(Br)C(c2ccc(C(=O)O)cc2)C=C1. The number of carbonyl (C=O) groups is 2. The zero-order valence-corrected chi connectivity index (χ0v) is 15.1. The van der Waals surface area contributed by atoms with E-state index in [0.717, 1.165) is 5.56 Å². The maximum Gasteiger partial charge on any atom is 0.336 e. The molecule has 0 bridgehead atoms. The molecule has 0 aliphatic heterocycles. The van der Waals surface area contributed by atoms with Crippen LogP contribution in [0.5, 0.6) is 0 Å². The van der Waals surface area contributed by atoms with Gasteiger partial charge in [0.2, 0.25) is 0 Å². The zero-order chi connectivity index (χ0) is 15.8. The van der Waals surface area contributed by atoms with Gasteiger partial charge in [-0.1, -0.05) is 72.1 Å². The largest absolute Gasteiger partial charge is 0.478 e. The van der Waals surface area contributed by atoms with E-state index in [1.54, 1.807) is 18.2 Å². The molecule has 0 radical (unpaired) electrons. The van der Waals surface area contributed by atoms with Crippen LogP contribution in [-0.4, -0.2) is 25.4 Å². The lowest BCUT2D eigenvalue weighted by Crippen LogP contribution is -2.26. The topological polar surface area (TPSA) is 74.6 Å². The Kier molecular flexibility index (Phi) is 4.75. The predicted octanol–water partition coefficient (Wildman–Crippen LogP) is 4.26. The van der Waals surface area contributed by atoms with Crippen molar-refractivity contribution in [1.29, 1.82) is 0 Å². The Balaban J connectivity index is 2.41. The lowest BCUT2D eigenvalue weighted by atomic mass is 9.89. The number of aromatic carboxylic acids is 1. The van der Waals surface area contributed by atoms with Crippen LogP contribution in [0, 0.1) is 0 Å². The number of allylic oxidation sites excluding steroid dienone is 2. The predicted molar refractivity (Wildman–Crippen MR) is 89.5 cm³/mol. The molecule has 4 nitrogen and oxygen atoms in total. The second-order valence-electron chi connectivity index (χ2n) is 4.42. The van der Waals surface area contributed by atoms with E-state index in [-0.39, 0.29) is 17.1 Å². The van der Waals surface area contributed by atoms with E-state index in [9.17, 15) is 9.59 Å². The molecular formula is C14H9Br3O4. The van der Waals surface area contributed by atoms with Gasteiger partial charge in [-0.05, 0) is 17.7 Å². The summed E-state index contributed by atoms with van der Waals surface area (Å²) in [4.78, 5) is 22.0. The maximum atomic E-state index is 11.2. The Morgan fingerprint density at radius 2 is 1.62 bits per heavy atom. The summed E-state index contributed by atoms with van der Waals surface area (Å²) < 4.78 is -0.329. The average molecular weight is 481 g/mol. The molecule has 2 rings (SSSR count). The Bertz CT molecular complexity index is 659. The van der Waals surface area contributed by atoms with Crippen molar-refractivity contribution in [3.05, 3.63) is 57.6 Å². The molecule has 0 heterocycles. The fourth-order valence-corrected chi connectivity index (χ4v) is 3.83. The second kappa shape index (κ2) is 6.06. The van der Waals surface area contributed by atoms with Gasteiger partial charge < -0.3 is 10.2 Å². The molecule has 2 N–H and O–H groups in total. The van der Waals surface area contributed by atoms with Crippen LogP contribution in [0.4, 0.5) is 0 Å². The van der Waals surface area contributed by atoms with Crippen molar-refractivity contribution in [1.82, 2.24) is 0 Å². The van der Waals surface area contributed by atoms with Crippen molar-refractivity contribution >= 4 is 59.7 Å². The van der Waals surface area contributed by atoms with Gasteiger partial charge in [0.1, 0.15) is 3.23 Å². The number of carboxylic acids is 2. The van der Waals surface area contributed by atoms with Crippen molar-refractivity contribution in [2.75, 3.05) is 0 Å². The van der Waals surface area contributed by atoms with Crippen molar-refractivity contribution < 1.29 is 19.8 Å². The fraction of sp³-hybridized carbons (Fsp3) is 0.143. The first-order chi connectivity index (χ1) is 9.75. The number of rotatable bonds is 3. The third kappa shape index (κ3) is 3.14. The van der Waals surface area contributed by atoms with Crippen LogP contribution in [0.25, 0.3) is 0 Å². The number of aliphatic carboxylic acids is 1. The van der Waals surface area contributed by atoms with Gasteiger partial charge in [-0.3, -0.25) is 0 Å². The Hall–Kier alpha value is -0.920. The van der Waals surface area contributed by atoms with Gasteiger partial charge in [0.05, 0.1) is 11.1 Å².